The van der Waals surface area contributed by atoms with Crippen molar-refractivity contribution in [2.75, 3.05) is 0 Å². The van der Waals surface area contributed by atoms with Gasteiger partial charge in [0.2, 0.25) is 0 Å². The van der Waals surface area contributed by atoms with Gasteiger partial charge in [-0.2, -0.15) is 0 Å². The first-order chi connectivity index (χ1) is 7.13. The Morgan fingerprint density at radius 1 is 1.27 bits per heavy atom. The van der Waals surface area contributed by atoms with Gasteiger partial charge in [-0.15, -0.1) is 0 Å². The summed E-state index contributed by atoms with van der Waals surface area (Å²) in [6.07, 6.45) is 2.35. The minimum Gasteiger partial charge on any atom is -0.300 e. The Balaban J connectivity index is 2.57. The molecular weight excluding hydrogens is 184 g/mol. The number of benzene rings is 1. The maximum Gasteiger partial charge on any atom is 0.133 e. The van der Waals surface area contributed by atoms with Crippen LogP contribution in [0.1, 0.15) is 50.2 Å². The molecule has 0 aliphatic heterocycles. The number of hydrogen-bond donors (Lipinski definition) is 0. The Kier molecular flexibility index (Phi) is 4.54. The van der Waals surface area contributed by atoms with Crippen LogP contribution in [0, 0.1) is 6.92 Å². The molecule has 1 atom stereocenters. The average Bonchev–Trinajstić information content (AvgIpc) is 2.18. The smallest absolute Gasteiger partial charge is 0.133 e. The van der Waals surface area contributed by atoms with Crippen LogP contribution in [0.5, 0.6) is 0 Å². The zero-order chi connectivity index (χ0) is 11.3. The van der Waals surface area contributed by atoms with Crippen LogP contribution in [0.4, 0.5) is 0 Å². The first-order valence-electron chi connectivity index (χ1n) is 5.71. The van der Waals surface area contributed by atoms with Crippen LogP contribution in [0.3, 0.4) is 0 Å². The van der Waals surface area contributed by atoms with Crippen LogP contribution in [0.25, 0.3) is 0 Å². The van der Waals surface area contributed by atoms with Crippen LogP contribution in [0.2, 0.25) is 0 Å². The summed E-state index contributed by atoms with van der Waals surface area (Å²) in [4.78, 5) is 11.5. The number of carbonyl (C=O) groups is 1. The lowest BCUT2D eigenvalue weighted by Crippen LogP contribution is -2.03. The number of hydrogen-bond acceptors (Lipinski definition) is 1. The Morgan fingerprint density at radius 2 is 1.87 bits per heavy atom. The molecule has 1 heteroatoms. The molecule has 0 radical (unpaired) electrons. The summed E-state index contributed by atoms with van der Waals surface area (Å²) in [5.74, 6) is 0.732. The Bertz CT molecular complexity index is 311. The van der Waals surface area contributed by atoms with Crippen molar-refractivity contribution in [3.05, 3.63) is 35.4 Å². The lowest BCUT2D eigenvalue weighted by molar-refractivity contribution is -0.119. The zero-order valence-electron chi connectivity index (χ0n) is 9.92. The lowest BCUT2D eigenvalue weighted by Gasteiger charge is -2.10. The second-order valence-corrected chi connectivity index (χ2v) is 4.30. The van der Waals surface area contributed by atoms with Crippen LogP contribution in [0.15, 0.2) is 24.3 Å². The predicted molar refractivity (Wildman–Crippen MR) is 64.1 cm³/mol. The number of rotatable bonds is 5. The Labute approximate surface area is 92.5 Å². The van der Waals surface area contributed by atoms with E-state index in [1.165, 1.54) is 11.1 Å². The molecule has 0 aliphatic carbocycles. The molecule has 0 saturated heterocycles. The van der Waals surface area contributed by atoms with E-state index >= 15 is 0 Å². The highest BCUT2D eigenvalue weighted by atomic mass is 16.1. The summed E-state index contributed by atoms with van der Waals surface area (Å²) in [7, 11) is 0. The summed E-state index contributed by atoms with van der Waals surface area (Å²) in [6, 6.07) is 8.46. The first kappa shape index (κ1) is 12.0. The molecule has 82 valence electrons. The molecule has 0 bridgehead atoms. The minimum atomic E-state index is 0.352. The third-order valence-corrected chi connectivity index (χ3v) is 2.71. The third-order valence-electron chi connectivity index (χ3n) is 2.71. The van der Waals surface area contributed by atoms with E-state index in [-0.39, 0.29) is 0 Å². The summed E-state index contributed by atoms with van der Waals surface area (Å²) in [6.45, 7) is 6.25. The number of ketones is 1. The van der Waals surface area contributed by atoms with Gasteiger partial charge in [0.05, 0.1) is 0 Å². The van der Waals surface area contributed by atoms with Gasteiger partial charge in [-0.3, -0.25) is 4.79 Å². The maximum atomic E-state index is 11.5. The molecule has 0 heterocycles. The molecule has 1 rings (SSSR count). The lowest BCUT2D eigenvalue weighted by atomic mass is 9.94. The highest BCUT2D eigenvalue weighted by Crippen LogP contribution is 2.20. The van der Waals surface area contributed by atoms with Gasteiger partial charge in [-0.1, -0.05) is 43.7 Å². The van der Waals surface area contributed by atoms with Crippen molar-refractivity contribution in [1.29, 1.82) is 0 Å². The zero-order valence-corrected chi connectivity index (χ0v) is 9.92. The van der Waals surface area contributed by atoms with Gasteiger partial charge < -0.3 is 0 Å². The van der Waals surface area contributed by atoms with Gasteiger partial charge in [0.25, 0.3) is 0 Å². The summed E-state index contributed by atoms with van der Waals surface area (Å²) >= 11 is 0. The molecule has 0 fully saturated rings. The highest BCUT2D eigenvalue weighted by Gasteiger charge is 2.09. The van der Waals surface area contributed by atoms with Crippen molar-refractivity contribution in [3.63, 3.8) is 0 Å². The molecule has 0 aromatic heterocycles. The molecule has 1 aromatic rings. The second-order valence-electron chi connectivity index (χ2n) is 4.30. The van der Waals surface area contributed by atoms with E-state index in [0.717, 1.165) is 12.8 Å². The highest BCUT2D eigenvalue weighted by molar-refractivity contribution is 5.79. The molecule has 0 N–H and O–H groups in total. The monoisotopic (exact) mass is 204 g/mol. The maximum absolute atomic E-state index is 11.5. The van der Waals surface area contributed by atoms with Gasteiger partial charge in [0.1, 0.15) is 5.78 Å². The molecule has 1 aromatic carbocycles. The fourth-order valence-corrected chi connectivity index (χ4v) is 1.74. The van der Waals surface area contributed by atoms with E-state index < -0.39 is 0 Å². The quantitative estimate of drug-likeness (QED) is 0.711. The normalized spacial score (nSPS) is 12.5. The van der Waals surface area contributed by atoms with Gasteiger partial charge in [-0.25, -0.2) is 0 Å². The topological polar surface area (TPSA) is 17.1 Å². The molecule has 0 unspecified atom stereocenters. The number of carbonyl (C=O) groups excluding carboxylic acids is 1. The van der Waals surface area contributed by atoms with Crippen molar-refractivity contribution in [3.8, 4) is 0 Å². The van der Waals surface area contributed by atoms with Crippen molar-refractivity contribution >= 4 is 5.78 Å². The fourth-order valence-electron chi connectivity index (χ4n) is 1.74. The average molecular weight is 204 g/mol. The minimum absolute atomic E-state index is 0.352. The van der Waals surface area contributed by atoms with E-state index in [4.69, 9.17) is 0 Å². The van der Waals surface area contributed by atoms with Crippen LogP contribution < -0.4 is 0 Å². The van der Waals surface area contributed by atoms with Gasteiger partial charge in [0.15, 0.2) is 0 Å². The standard InChI is InChI=1S/C14H20O/c1-4-5-14(15)10-12(3)13-8-6-11(2)7-9-13/h6-9,12H,4-5,10H2,1-3H3/t12-/m1/s1. The van der Waals surface area contributed by atoms with E-state index in [1.807, 2.05) is 0 Å². The van der Waals surface area contributed by atoms with Crippen LogP contribution in [-0.4, -0.2) is 5.78 Å². The molecule has 0 aliphatic rings. The molecule has 0 spiro atoms. The third kappa shape index (κ3) is 3.86. The first-order valence-corrected chi connectivity index (χ1v) is 5.71. The number of aryl methyl sites for hydroxylation is 1. The van der Waals surface area contributed by atoms with Gasteiger partial charge in [0, 0.05) is 12.8 Å². The van der Waals surface area contributed by atoms with E-state index in [0.29, 0.717) is 18.1 Å². The van der Waals surface area contributed by atoms with E-state index in [9.17, 15) is 4.79 Å². The summed E-state index contributed by atoms with van der Waals surface area (Å²) < 4.78 is 0. The van der Waals surface area contributed by atoms with Crippen LogP contribution in [-0.2, 0) is 4.79 Å². The SMILES string of the molecule is CCCC(=O)C[C@@H](C)c1ccc(C)cc1. The van der Waals surface area contributed by atoms with Crippen molar-refractivity contribution in [1.82, 2.24) is 0 Å². The van der Waals surface area contributed by atoms with Crippen molar-refractivity contribution in [2.45, 2.75) is 46.0 Å². The van der Waals surface area contributed by atoms with E-state index in [2.05, 4.69) is 45.0 Å². The molecule has 15 heavy (non-hydrogen) atoms. The Morgan fingerprint density at radius 3 is 2.40 bits per heavy atom. The summed E-state index contributed by atoms with van der Waals surface area (Å²) in [5.41, 5.74) is 2.54. The largest absolute Gasteiger partial charge is 0.300 e. The molecule has 1 nitrogen and oxygen atoms in total. The Hall–Kier alpha value is -1.11. The predicted octanol–water partition coefficient (Wildman–Crippen LogP) is 3.86. The number of Topliss-reactive ketones (excluding diaryl/α,β-unsaturated/α-hetero) is 1. The molecule has 0 saturated carbocycles. The fraction of sp³-hybridized carbons (Fsp3) is 0.500. The van der Waals surface area contributed by atoms with E-state index in [1.54, 1.807) is 0 Å². The van der Waals surface area contributed by atoms with Crippen LogP contribution >= 0.6 is 0 Å². The van der Waals surface area contributed by atoms with Gasteiger partial charge >= 0.3 is 0 Å². The second kappa shape index (κ2) is 5.69. The van der Waals surface area contributed by atoms with Crippen molar-refractivity contribution in [2.24, 2.45) is 0 Å². The molecule has 0 amide bonds. The van der Waals surface area contributed by atoms with Gasteiger partial charge in [-0.05, 0) is 24.8 Å². The van der Waals surface area contributed by atoms with Crippen molar-refractivity contribution < 1.29 is 4.79 Å². The molecular formula is C14H20O. The summed E-state index contributed by atoms with van der Waals surface area (Å²) in [5, 5.41) is 0.